The van der Waals surface area contributed by atoms with Gasteiger partial charge in [-0.25, -0.2) is 4.57 Å². The third-order valence-corrected chi connectivity index (χ3v) is 0.270. The Morgan fingerprint density at radius 1 is 1.78 bits per heavy atom. The summed E-state index contributed by atoms with van der Waals surface area (Å²) in [6, 6.07) is 0. The molecule has 2 N–H and O–H groups in total. The zero-order valence-corrected chi connectivity index (χ0v) is 6.14. The molecule has 0 heterocycles. The Labute approximate surface area is 61.7 Å². The molecule has 4 nitrogen and oxygen atoms in total. The van der Waals surface area contributed by atoms with Gasteiger partial charge in [0.25, 0.3) is 0 Å². The molecule has 0 atom stereocenters. The molecule has 0 radical (unpaired) electrons. The van der Waals surface area contributed by atoms with Crippen molar-refractivity contribution in [2.24, 2.45) is 0 Å². The summed E-state index contributed by atoms with van der Waals surface area (Å²) >= 11 is 2.12. The molecule has 7 heteroatoms. The van der Waals surface area contributed by atoms with Crippen LogP contribution in [0.1, 0.15) is 6.92 Å². The van der Waals surface area contributed by atoms with Crippen LogP contribution in [0, 0.1) is 0 Å². The first-order chi connectivity index (χ1) is 3.97. The Morgan fingerprint density at radius 2 is 1.89 bits per heavy atom. The van der Waals surface area contributed by atoms with Gasteiger partial charge in [-0.3, -0.25) is 0 Å². The predicted octanol–water partition coefficient (Wildman–Crippen LogP) is 0.573. The molecule has 0 aliphatic heterocycles. The van der Waals surface area contributed by atoms with Gasteiger partial charge >= 0.3 is 37.6 Å². The fourth-order valence-electron chi connectivity index (χ4n) is 0. The molecule has 0 aromatic heterocycles. The van der Waals surface area contributed by atoms with Gasteiger partial charge in [-0.2, -0.15) is 0 Å². The summed E-state index contributed by atoms with van der Waals surface area (Å²) in [7, 11) is -4.81. The SMILES string of the molecule is O=P(O)(O)OF.[Li][CH2]C. The van der Waals surface area contributed by atoms with Crippen molar-refractivity contribution in [3.63, 3.8) is 0 Å². The molecule has 0 saturated carbocycles. The van der Waals surface area contributed by atoms with E-state index in [4.69, 9.17) is 14.4 Å². The molecule has 0 unspecified atom stereocenters. The van der Waals surface area contributed by atoms with Crippen molar-refractivity contribution >= 4 is 25.5 Å². The van der Waals surface area contributed by atoms with Crippen molar-refractivity contribution < 1.29 is 23.6 Å². The Bertz CT molecular complexity index is 92.6. The van der Waals surface area contributed by atoms with E-state index in [0.29, 0.717) is 0 Å². The van der Waals surface area contributed by atoms with E-state index < -0.39 is 7.82 Å². The molecule has 0 aromatic carbocycles. The van der Waals surface area contributed by atoms with Gasteiger partial charge in [0.05, 0.1) is 0 Å². The van der Waals surface area contributed by atoms with Gasteiger partial charge in [-0.15, -0.1) is 0 Å². The fraction of sp³-hybridized carbons (Fsp3) is 1.00. The Kier molecular flexibility index (Phi) is 9.25. The molecule has 0 aliphatic rings. The van der Waals surface area contributed by atoms with Gasteiger partial charge in [0.1, 0.15) is 0 Å². The second-order valence-electron chi connectivity index (χ2n) is 1.27. The van der Waals surface area contributed by atoms with Crippen LogP contribution in [-0.4, -0.2) is 27.5 Å². The van der Waals surface area contributed by atoms with E-state index in [1.807, 2.05) is 0 Å². The van der Waals surface area contributed by atoms with E-state index in [9.17, 15) is 4.53 Å². The third-order valence-electron chi connectivity index (χ3n) is 0.0899. The second-order valence-corrected chi connectivity index (χ2v) is 2.39. The minimum absolute atomic E-state index is 1.25. The Hall–Kier alpha value is 0.637. The van der Waals surface area contributed by atoms with Gasteiger partial charge in [-0.1, -0.05) is 4.73 Å². The van der Waals surface area contributed by atoms with Crippen LogP contribution < -0.4 is 0 Å². The predicted molar refractivity (Wildman–Crippen MR) is 30.5 cm³/mol. The van der Waals surface area contributed by atoms with Crippen LogP contribution in [0.5, 0.6) is 0 Å². The fourth-order valence-corrected chi connectivity index (χ4v) is 0. The average Bonchev–Trinajstić information content (AvgIpc) is 1.67. The molecule has 0 rings (SSSR count). The number of halogens is 1. The molecular formula is C2H7FLiO4P. The standard InChI is InChI=1S/C2H5.FH2O4P.Li/c1-2;1-5-6(2,3)4;/h1H2,2H3;(H2,2,3,4);. The van der Waals surface area contributed by atoms with Gasteiger partial charge in [-0.05, 0) is 4.53 Å². The Balaban J connectivity index is 0. The summed E-state index contributed by atoms with van der Waals surface area (Å²) in [5, 5.41) is 1.25. The molecule has 0 aromatic rings. The molecule has 9 heavy (non-hydrogen) atoms. The van der Waals surface area contributed by atoms with Crippen LogP contribution in [0.3, 0.4) is 0 Å². The summed E-state index contributed by atoms with van der Waals surface area (Å²) in [6.07, 6.45) is 0. The summed E-state index contributed by atoms with van der Waals surface area (Å²) in [4.78, 5) is 14.7. The molecule has 0 aliphatic carbocycles. The Morgan fingerprint density at radius 3 is 1.89 bits per heavy atom. The second kappa shape index (κ2) is 6.75. The van der Waals surface area contributed by atoms with Crippen molar-refractivity contribution in [1.29, 1.82) is 0 Å². The molecule has 0 saturated heterocycles. The van der Waals surface area contributed by atoms with E-state index in [1.165, 1.54) is 5.09 Å². The summed E-state index contributed by atoms with van der Waals surface area (Å²) in [6.45, 7) is 2.12. The topological polar surface area (TPSA) is 66.8 Å². The molecule has 0 amide bonds. The van der Waals surface area contributed by atoms with Crippen LogP contribution in [-0.2, 0) is 9.29 Å². The van der Waals surface area contributed by atoms with Crippen molar-refractivity contribution in [3.05, 3.63) is 0 Å². The third kappa shape index (κ3) is 28.8. The molecule has 0 bridgehead atoms. The number of hydrogen-bond acceptors (Lipinski definition) is 2. The monoisotopic (exact) mass is 152 g/mol. The zero-order valence-electron chi connectivity index (χ0n) is 5.24. The quantitative estimate of drug-likeness (QED) is 0.425. The van der Waals surface area contributed by atoms with Crippen molar-refractivity contribution in [3.8, 4) is 0 Å². The summed E-state index contributed by atoms with van der Waals surface area (Å²) in [5.74, 6) is 0. The van der Waals surface area contributed by atoms with E-state index in [2.05, 4.69) is 29.4 Å². The molecular weight excluding hydrogens is 145 g/mol. The van der Waals surface area contributed by atoms with Crippen molar-refractivity contribution in [2.75, 3.05) is 0 Å². The van der Waals surface area contributed by atoms with Crippen LogP contribution >= 0.6 is 7.82 Å². The zero-order chi connectivity index (χ0) is 7.91. The average molecular weight is 152 g/mol. The van der Waals surface area contributed by atoms with Crippen LogP contribution in [0.2, 0.25) is 5.09 Å². The maximum atomic E-state index is 10.2. The maximum absolute atomic E-state index is 10.2. The van der Waals surface area contributed by atoms with Crippen molar-refractivity contribution in [1.82, 2.24) is 0 Å². The normalized spacial score (nSPS) is 10.0. The van der Waals surface area contributed by atoms with Gasteiger partial charge < -0.3 is 9.79 Å². The van der Waals surface area contributed by atoms with E-state index >= 15 is 0 Å². The number of phosphoric acid groups is 1. The molecule has 0 spiro atoms. The van der Waals surface area contributed by atoms with Crippen LogP contribution in [0.25, 0.3) is 0 Å². The summed E-state index contributed by atoms with van der Waals surface area (Å²) in [5.41, 5.74) is 0. The van der Waals surface area contributed by atoms with Gasteiger partial charge in [0.2, 0.25) is 0 Å². The van der Waals surface area contributed by atoms with Gasteiger partial charge in [0, 0.05) is 0 Å². The first-order valence-corrected chi connectivity index (χ1v) is 3.86. The summed E-state index contributed by atoms with van der Waals surface area (Å²) < 4.78 is 21.4. The molecule has 0 fully saturated rings. The number of hydrogen-bond donors (Lipinski definition) is 2. The molecule has 52 valence electrons. The van der Waals surface area contributed by atoms with E-state index in [1.54, 1.807) is 0 Å². The van der Waals surface area contributed by atoms with E-state index in [0.717, 1.165) is 0 Å². The first kappa shape index (κ1) is 12.3. The van der Waals surface area contributed by atoms with Crippen LogP contribution in [0.4, 0.5) is 4.53 Å². The first-order valence-electron chi connectivity index (χ1n) is 2.33. The van der Waals surface area contributed by atoms with Gasteiger partial charge in [0.15, 0.2) is 0 Å². The van der Waals surface area contributed by atoms with Crippen LogP contribution in [0.15, 0.2) is 0 Å². The minimum atomic E-state index is -4.81. The number of rotatable bonds is 1. The van der Waals surface area contributed by atoms with Crippen molar-refractivity contribution in [2.45, 2.75) is 12.0 Å². The van der Waals surface area contributed by atoms with E-state index in [-0.39, 0.29) is 0 Å².